The Morgan fingerprint density at radius 3 is 2.75 bits per heavy atom. The van der Waals surface area contributed by atoms with E-state index in [-0.39, 0.29) is 5.56 Å². The molecule has 84 valence electrons. The fourth-order valence-corrected chi connectivity index (χ4v) is 2.32. The van der Waals surface area contributed by atoms with Crippen molar-refractivity contribution in [2.24, 2.45) is 5.73 Å². The number of nitrogens with zero attached hydrogens (tertiary/aromatic N) is 1. The zero-order chi connectivity index (χ0) is 11.7. The van der Waals surface area contributed by atoms with E-state index in [1.165, 1.54) is 11.3 Å². The molecular formula is C11H10F2N2S. The highest BCUT2D eigenvalue weighted by atomic mass is 32.1. The van der Waals surface area contributed by atoms with Crippen molar-refractivity contribution in [1.29, 1.82) is 0 Å². The van der Waals surface area contributed by atoms with E-state index in [0.29, 0.717) is 0 Å². The number of benzene rings is 1. The summed E-state index contributed by atoms with van der Waals surface area (Å²) in [6.07, 6.45) is 0. The molecule has 0 spiro atoms. The minimum Gasteiger partial charge on any atom is -0.319 e. The highest BCUT2D eigenvalue weighted by molar-refractivity contribution is 7.09. The van der Waals surface area contributed by atoms with E-state index in [4.69, 9.17) is 5.73 Å². The van der Waals surface area contributed by atoms with Crippen LogP contribution in [0, 0.1) is 18.6 Å². The zero-order valence-corrected chi connectivity index (χ0v) is 9.39. The number of rotatable bonds is 2. The molecule has 0 aliphatic carbocycles. The molecule has 0 saturated heterocycles. The Balaban J connectivity index is 2.45. The average Bonchev–Trinajstić information content (AvgIpc) is 2.67. The first-order valence-electron chi connectivity index (χ1n) is 4.70. The fourth-order valence-electron chi connectivity index (χ4n) is 1.50. The number of aryl methyl sites for hydroxylation is 1. The summed E-state index contributed by atoms with van der Waals surface area (Å²) in [6.45, 7) is 1.79. The van der Waals surface area contributed by atoms with Crippen LogP contribution in [0.15, 0.2) is 23.7 Å². The van der Waals surface area contributed by atoms with E-state index in [9.17, 15) is 8.78 Å². The molecule has 1 unspecified atom stereocenters. The van der Waals surface area contributed by atoms with E-state index < -0.39 is 17.7 Å². The minimum absolute atomic E-state index is 0.160. The van der Waals surface area contributed by atoms with Gasteiger partial charge in [-0.05, 0) is 25.1 Å². The molecule has 16 heavy (non-hydrogen) atoms. The van der Waals surface area contributed by atoms with Gasteiger partial charge in [0, 0.05) is 10.4 Å². The van der Waals surface area contributed by atoms with Crippen LogP contribution in [0.5, 0.6) is 0 Å². The SMILES string of the molecule is Cc1ncsc1C(N)c1cc(F)ccc1F. The molecule has 0 radical (unpaired) electrons. The van der Waals surface area contributed by atoms with Crippen LogP contribution in [-0.4, -0.2) is 4.98 Å². The van der Waals surface area contributed by atoms with Crippen LogP contribution in [0.4, 0.5) is 8.78 Å². The normalized spacial score (nSPS) is 12.8. The van der Waals surface area contributed by atoms with Crippen molar-refractivity contribution in [2.75, 3.05) is 0 Å². The lowest BCUT2D eigenvalue weighted by Gasteiger charge is -2.11. The molecule has 5 heteroatoms. The van der Waals surface area contributed by atoms with Crippen molar-refractivity contribution in [3.05, 3.63) is 51.5 Å². The Kier molecular flexibility index (Phi) is 2.98. The van der Waals surface area contributed by atoms with E-state index >= 15 is 0 Å². The number of thiazole rings is 1. The van der Waals surface area contributed by atoms with Gasteiger partial charge in [0.2, 0.25) is 0 Å². The first-order chi connectivity index (χ1) is 7.59. The molecule has 0 amide bonds. The van der Waals surface area contributed by atoms with E-state index in [0.717, 1.165) is 28.8 Å². The quantitative estimate of drug-likeness (QED) is 0.876. The Hall–Kier alpha value is -1.33. The molecule has 1 atom stereocenters. The molecule has 1 aromatic heterocycles. The van der Waals surface area contributed by atoms with Gasteiger partial charge in [0.25, 0.3) is 0 Å². The monoisotopic (exact) mass is 240 g/mol. The third-order valence-electron chi connectivity index (χ3n) is 2.36. The molecule has 0 aliphatic rings. The van der Waals surface area contributed by atoms with Crippen LogP contribution in [-0.2, 0) is 0 Å². The van der Waals surface area contributed by atoms with Gasteiger partial charge < -0.3 is 5.73 Å². The highest BCUT2D eigenvalue weighted by Gasteiger charge is 2.18. The number of aromatic nitrogens is 1. The maximum atomic E-state index is 13.5. The van der Waals surface area contributed by atoms with Crippen molar-refractivity contribution in [3.63, 3.8) is 0 Å². The van der Waals surface area contributed by atoms with Crippen molar-refractivity contribution in [1.82, 2.24) is 4.98 Å². The van der Waals surface area contributed by atoms with Gasteiger partial charge in [0.1, 0.15) is 11.6 Å². The van der Waals surface area contributed by atoms with Crippen LogP contribution in [0.3, 0.4) is 0 Å². The van der Waals surface area contributed by atoms with Gasteiger partial charge in [-0.15, -0.1) is 11.3 Å². The van der Waals surface area contributed by atoms with Crippen molar-refractivity contribution in [3.8, 4) is 0 Å². The zero-order valence-electron chi connectivity index (χ0n) is 8.58. The second kappa shape index (κ2) is 4.27. The first-order valence-corrected chi connectivity index (χ1v) is 5.58. The average molecular weight is 240 g/mol. The van der Waals surface area contributed by atoms with Gasteiger partial charge in [-0.3, -0.25) is 0 Å². The number of hydrogen-bond donors (Lipinski definition) is 1. The summed E-state index contributed by atoms with van der Waals surface area (Å²) in [7, 11) is 0. The number of nitrogens with two attached hydrogens (primary N) is 1. The van der Waals surface area contributed by atoms with Gasteiger partial charge in [-0.25, -0.2) is 13.8 Å². The Morgan fingerprint density at radius 1 is 1.38 bits per heavy atom. The molecule has 2 rings (SSSR count). The molecule has 0 aliphatic heterocycles. The second-order valence-corrected chi connectivity index (χ2v) is 4.33. The second-order valence-electron chi connectivity index (χ2n) is 3.45. The van der Waals surface area contributed by atoms with Crippen LogP contribution < -0.4 is 5.73 Å². The van der Waals surface area contributed by atoms with Crippen LogP contribution in [0.2, 0.25) is 0 Å². The third kappa shape index (κ3) is 1.96. The lowest BCUT2D eigenvalue weighted by Crippen LogP contribution is -2.13. The van der Waals surface area contributed by atoms with Crippen molar-refractivity contribution in [2.45, 2.75) is 13.0 Å². The maximum Gasteiger partial charge on any atom is 0.128 e. The topological polar surface area (TPSA) is 38.9 Å². The summed E-state index contributed by atoms with van der Waals surface area (Å²) in [5.41, 5.74) is 8.45. The van der Waals surface area contributed by atoms with Gasteiger partial charge in [0.05, 0.1) is 17.2 Å². The summed E-state index contributed by atoms with van der Waals surface area (Å²) in [5, 5.41) is 0. The predicted molar refractivity (Wildman–Crippen MR) is 59.2 cm³/mol. The smallest absolute Gasteiger partial charge is 0.128 e. The summed E-state index contributed by atoms with van der Waals surface area (Å²) < 4.78 is 26.5. The summed E-state index contributed by atoms with van der Waals surface area (Å²) >= 11 is 1.34. The Bertz CT molecular complexity index is 510. The minimum atomic E-state index is -0.664. The molecule has 0 bridgehead atoms. The maximum absolute atomic E-state index is 13.5. The van der Waals surface area contributed by atoms with E-state index in [1.54, 1.807) is 12.4 Å². The first kappa shape index (κ1) is 11.2. The molecule has 0 fully saturated rings. The molecule has 1 heterocycles. The fraction of sp³-hybridized carbons (Fsp3) is 0.182. The van der Waals surface area contributed by atoms with Crippen molar-refractivity contribution >= 4 is 11.3 Å². The Labute approximate surface area is 95.7 Å². The standard InChI is InChI=1S/C11H10F2N2S/c1-6-11(16-5-15-6)10(14)8-4-7(12)2-3-9(8)13/h2-5,10H,14H2,1H3. The summed E-state index contributed by atoms with van der Waals surface area (Å²) in [5.74, 6) is -0.990. The Morgan fingerprint density at radius 2 is 2.12 bits per heavy atom. The largest absolute Gasteiger partial charge is 0.319 e. The van der Waals surface area contributed by atoms with E-state index in [2.05, 4.69) is 4.98 Å². The van der Waals surface area contributed by atoms with Gasteiger partial charge in [-0.2, -0.15) is 0 Å². The number of hydrogen-bond acceptors (Lipinski definition) is 3. The van der Waals surface area contributed by atoms with Gasteiger partial charge in [0.15, 0.2) is 0 Å². The molecular weight excluding hydrogens is 230 g/mol. The van der Waals surface area contributed by atoms with Crippen LogP contribution in [0.25, 0.3) is 0 Å². The number of halogens is 2. The lowest BCUT2D eigenvalue weighted by molar-refractivity contribution is 0.577. The predicted octanol–water partition coefficient (Wildman–Crippen LogP) is 2.78. The molecule has 2 N–H and O–H groups in total. The lowest BCUT2D eigenvalue weighted by atomic mass is 10.0. The summed E-state index contributed by atoms with van der Waals surface area (Å²) in [6, 6.07) is 2.62. The molecule has 1 aromatic carbocycles. The van der Waals surface area contributed by atoms with Crippen LogP contribution in [0.1, 0.15) is 22.2 Å². The molecule has 0 saturated carbocycles. The summed E-state index contributed by atoms with van der Waals surface area (Å²) in [4.78, 5) is 4.79. The highest BCUT2D eigenvalue weighted by Crippen LogP contribution is 2.27. The van der Waals surface area contributed by atoms with Gasteiger partial charge in [-0.1, -0.05) is 0 Å². The van der Waals surface area contributed by atoms with E-state index in [1.807, 2.05) is 0 Å². The van der Waals surface area contributed by atoms with Crippen LogP contribution >= 0.6 is 11.3 Å². The van der Waals surface area contributed by atoms with Crippen molar-refractivity contribution < 1.29 is 8.78 Å². The molecule has 2 aromatic rings. The third-order valence-corrected chi connectivity index (χ3v) is 3.37. The molecule has 2 nitrogen and oxygen atoms in total. The van der Waals surface area contributed by atoms with Gasteiger partial charge >= 0.3 is 0 Å².